The third-order valence-electron chi connectivity index (χ3n) is 3.79. The monoisotopic (exact) mass is 357 g/mol. The number of aromatic nitrogens is 5. The predicted octanol–water partition coefficient (Wildman–Crippen LogP) is -0.760. The Morgan fingerprint density at radius 1 is 1.50 bits per heavy atom. The van der Waals surface area contributed by atoms with Gasteiger partial charge in [0.2, 0.25) is 5.88 Å². The van der Waals surface area contributed by atoms with Gasteiger partial charge in [-0.2, -0.15) is 9.61 Å². The number of aromatic amines is 2. The van der Waals surface area contributed by atoms with E-state index in [0.29, 0.717) is 16.4 Å². The maximum absolute atomic E-state index is 11.5. The number of amides is 1. The van der Waals surface area contributed by atoms with Crippen LogP contribution in [0.5, 0.6) is 5.88 Å². The van der Waals surface area contributed by atoms with Crippen molar-refractivity contribution in [1.29, 1.82) is 0 Å². The van der Waals surface area contributed by atoms with Crippen molar-refractivity contribution in [3.63, 3.8) is 0 Å². The number of carbonyl (C=O) groups excluding carboxylic acids is 1. The molecule has 3 aromatic heterocycles. The fraction of sp³-hybridized carbons (Fsp3) is 0.267. The van der Waals surface area contributed by atoms with Crippen molar-refractivity contribution < 1.29 is 14.6 Å². The highest BCUT2D eigenvalue weighted by Gasteiger charge is 2.20. The Labute approximate surface area is 145 Å². The summed E-state index contributed by atoms with van der Waals surface area (Å²) in [6.07, 6.45) is 4.40. The Morgan fingerprint density at radius 3 is 2.96 bits per heavy atom. The largest absolute Gasteiger partial charge is 0.493 e. The molecule has 26 heavy (non-hydrogen) atoms. The molecule has 0 aliphatic heterocycles. The van der Waals surface area contributed by atoms with Crippen molar-refractivity contribution in [1.82, 2.24) is 24.6 Å². The molecule has 1 aliphatic carbocycles. The Kier molecular flexibility index (Phi) is 3.68. The summed E-state index contributed by atoms with van der Waals surface area (Å²) in [5.74, 6) is -0.0354. The average molecular weight is 357 g/mol. The maximum Gasteiger partial charge on any atom is 0.412 e. The van der Waals surface area contributed by atoms with Crippen molar-refractivity contribution in [2.45, 2.75) is 18.9 Å². The number of methoxy groups -OCH3 is 1. The second-order valence-electron chi connectivity index (χ2n) is 5.80. The van der Waals surface area contributed by atoms with Crippen LogP contribution < -0.4 is 21.7 Å². The number of ether oxygens (including phenoxy) is 1. The zero-order valence-corrected chi connectivity index (χ0v) is 13.7. The lowest BCUT2D eigenvalue weighted by Crippen LogP contribution is -2.22. The summed E-state index contributed by atoms with van der Waals surface area (Å²) in [5.41, 5.74) is 0.601. The smallest absolute Gasteiger partial charge is 0.412 e. The molecule has 0 radical (unpaired) electrons. The van der Waals surface area contributed by atoms with Crippen molar-refractivity contribution >= 4 is 23.6 Å². The van der Waals surface area contributed by atoms with Crippen LogP contribution in [0.25, 0.3) is 11.7 Å². The van der Waals surface area contributed by atoms with Gasteiger partial charge < -0.3 is 14.8 Å². The molecule has 134 valence electrons. The molecule has 0 spiro atoms. The minimum atomic E-state index is -0.656. The molecule has 4 N–H and O–H groups in total. The quantitative estimate of drug-likeness (QED) is 0.484. The molecule has 3 heterocycles. The second-order valence-corrected chi connectivity index (χ2v) is 5.80. The van der Waals surface area contributed by atoms with Crippen LogP contribution in [-0.4, -0.2) is 48.9 Å². The van der Waals surface area contributed by atoms with E-state index in [-0.39, 0.29) is 23.4 Å². The van der Waals surface area contributed by atoms with Crippen LogP contribution in [0.4, 0.5) is 10.6 Å². The van der Waals surface area contributed by atoms with Crippen LogP contribution in [-0.2, 0) is 4.74 Å². The highest BCUT2D eigenvalue weighted by atomic mass is 16.5. The minimum absolute atomic E-state index is 0.193. The van der Waals surface area contributed by atoms with Crippen LogP contribution in [0.1, 0.15) is 18.5 Å². The number of nitrogens with zero attached hydrogens (tertiary/aromatic N) is 4. The highest BCUT2D eigenvalue weighted by molar-refractivity contribution is 5.83. The fourth-order valence-electron chi connectivity index (χ4n) is 2.42. The molecule has 0 saturated heterocycles. The summed E-state index contributed by atoms with van der Waals surface area (Å²) < 4.78 is 6.13. The lowest BCUT2D eigenvalue weighted by molar-refractivity contribution is 0.187. The van der Waals surface area contributed by atoms with Gasteiger partial charge in [-0.15, -0.1) is 0 Å². The molecule has 0 bridgehead atoms. The van der Waals surface area contributed by atoms with Crippen LogP contribution in [0.2, 0.25) is 0 Å². The number of rotatable bonds is 3. The molecular formula is C15H15N7O4. The zero-order valence-electron chi connectivity index (χ0n) is 13.7. The van der Waals surface area contributed by atoms with E-state index in [0.717, 1.165) is 12.8 Å². The second kappa shape index (κ2) is 6.02. The molecule has 11 nitrogen and oxygen atoms in total. The third kappa shape index (κ3) is 3.01. The van der Waals surface area contributed by atoms with Gasteiger partial charge in [-0.3, -0.25) is 15.3 Å². The normalized spacial score (nSPS) is 15.6. The highest BCUT2D eigenvalue weighted by Crippen LogP contribution is 2.22. The first kappa shape index (κ1) is 15.9. The van der Waals surface area contributed by atoms with Gasteiger partial charge in [0.1, 0.15) is 11.5 Å². The molecule has 1 aliphatic rings. The van der Waals surface area contributed by atoms with E-state index in [4.69, 9.17) is 0 Å². The molecule has 0 aromatic carbocycles. The van der Waals surface area contributed by atoms with Gasteiger partial charge in [-0.1, -0.05) is 0 Å². The zero-order chi connectivity index (χ0) is 18.3. The van der Waals surface area contributed by atoms with Crippen molar-refractivity contribution in [3.05, 3.63) is 39.1 Å². The van der Waals surface area contributed by atoms with Crippen molar-refractivity contribution in [2.75, 3.05) is 12.4 Å². The van der Waals surface area contributed by atoms with Gasteiger partial charge >= 0.3 is 11.8 Å². The van der Waals surface area contributed by atoms with Crippen LogP contribution in [0, 0.1) is 0 Å². The molecule has 11 heteroatoms. The fourth-order valence-corrected chi connectivity index (χ4v) is 2.42. The number of H-pyrrole nitrogens is 2. The minimum Gasteiger partial charge on any atom is -0.493 e. The number of nitrogens with one attached hydrogen (secondary N) is 3. The summed E-state index contributed by atoms with van der Waals surface area (Å²) >= 11 is 0. The summed E-state index contributed by atoms with van der Waals surface area (Å²) in [4.78, 5) is 36.4. The Bertz CT molecular complexity index is 1170. The standard InChI is InChI=1S/C15H15N7O4/c1-26-15(25)20-10-5-11(17-8-2-3-8)22-12(19-10)7(6-16-22)4-9-13(23)21-14(24)18-9/h4-6,8,23H,2-3H2,1H3,(H,20,25)(H2,18,21,24)/b7-4-,17-11?. The van der Waals surface area contributed by atoms with Crippen LogP contribution >= 0.6 is 0 Å². The lowest BCUT2D eigenvalue weighted by atomic mass is 10.3. The van der Waals surface area contributed by atoms with Crippen molar-refractivity contribution in [2.24, 2.45) is 4.99 Å². The summed E-state index contributed by atoms with van der Waals surface area (Å²) in [6, 6.07) is 1.84. The topological polar surface area (TPSA) is 150 Å². The maximum atomic E-state index is 11.5. The molecule has 1 saturated carbocycles. The van der Waals surface area contributed by atoms with Gasteiger partial charge in [-0.25, -0.2) is 14.6 Å². The Morgan fingerprint density at radius 2 is 2.31 bits per heavy atom. The van der Waals surface area contributed by atoms with Crippen LogP contribution in [0.15, 0.2) is 22.1 Å². The van der Waals surface area contributed by atoms with Crippen molar-refractivity contribution in [3.8, 4) is 5.88 Å². The van der Waals surface area contributed by atoms with Gasteiger partial charge in [0.15, 0.2) is 11.1 Å². The van der Waals surface area contributed by atoms with E-state index in [1.54, 1.807) is 6.07 Å². The van der Waals surface area contributed by atoms with E-state index >= 15 is 0 Å². The third-order valence-corrected chi connectivity index (χ3v) is 3.79. The lowest BCUT2D eigenvalue weighted by Gasteiger charge is -2.03. The van der Waals surface area contributed by atoms with Gasteiger partial charge in [0.05, 0.1) is 19.3 Å². The van der Waals surface area contributed by atoms with E-state index in [9.17, 15) is 14.7 Å². The number of imidazole rings is 1. The molecule has 4 rings (SSSR count). The molecule has 3 aromatic rings. The number of hydrogen-bond donors (Lipinski definition) is 4. The molecular weight excluding hydrogens is 342 g/mol. The number of hydrogen-bond acceptors (Lipinski definition) is 7. The summed E-state index contributed by atoms with van der Waals surface area (Å²) in [7, 11) is 1.26. The number of aromatic hydroxyl groups is 1. The Hall–Kier alpha value is -3.63. The average Bonchev–Trinajstić information content (AvgIpc) is 3.24. The Balaban J connectivity index is 1.92. The number of fused-ring (bicyclic) bond motifs is 1. The first-order valence-corrected chi connectivity index (χ1v) is 7.84. The van der Waals surface area contributed by atoms with E-state index in [2.05, 4.69) is 35.1 Å². The first-order chi connectivity index (χ1) is 12.5. The van der Waals surface area contributed by atoms with Gasteiger partial charge in [0, 0.05) is 11.3 Å². The summed E-state index contributed by atoms with van der Waals surface area (Å²) in [5, 5.41) is 17.0. The molecule has 0 unspecified atom stereocenters. The van der Waals surface area contributed by atoms with E-state index < -0.39 is 11.8 Å². The molecule has 1 fully saturated rings. The van der Waals surface area contributed by atoms with Gasteiger partial charge in [0.25, 0.3) is 0 Å². The molecule has 0 atom stereocenters. The predicted molar refractivity (Wildman–Crippen MR) is 89.5 cm³/mol. The summed E-state index contributed by atoms with van der Waals surface area (Å²) in [6.45, 7) is 0. The SMILES string of the molecule is COC(=O)Nc1cc(=NC2CC2)n2nc/c(=C/c3[nH]c(=O)[nH]c3O)c2n1. The number of carbonyl (C=O) groups is 1. The van der Waals surface area contributed by atoms with Crippen LogP contribution in [0.3, 0.4) is 0 Å². The van der Waals surface area contributed by atoms with Gasteiger partial charge in [-0.05, 0) is 18.9 Å². The number of anilines is 1. The first-order valence-electron chi connectivity index (χ1n) is 7.84. The van der Waals surface area contributed by atoms with E-state index in [1.807, 2.05) is 0 Å². The molecule has 1 amide bonds. The van der Waals surface area contributed by atoms with E-state index in [1.165, 1.54) is 23.9 Å².